The van der Waals surface area contributed by atoms with Gasteiger partial charge in [0.15, 0.2) is 35.3 Å². The predicted octanol–water partition coefficient (Wildman–Crippen LogP) is 10.9. The Kier molecular flexibility index (Phi) is 23.5. The summed E-state index contributed by atoms with van der Waals surface area (Å²) in [4.78, 5) is 180. The summed E-state index contributed by atoms with van der Waals surface area (Å²) in [6, 6.07) is 6.98. The standard InChI is InChI=1S/2C23H28O8.2C21H26O7/c2*1-12(24)30-16-9-15(20(26)28-4)22(2)7-5-14-21(27)31-17(13-6-8-29-11-13)10-23(14,3)19(22)18(16)25;2*1-20-6-4-12-19(25)28-15(11-5-7-27-10-11)9-21(12,2)17(20)16(23)14(22)8-13(20)18(24)26-3/h2*6,8,11,14-17,19H,5,7,9-10H2,1-4H3;2*5,7,10,12-15,17,22H,4,6,8-9H2,1-3H3/t2*14?,15-,16?,17-,19?,22-,23-;2*12?,13-,14?,15-,17?,20-,21-/m0000/s1. The number of fused-ring (bicyclic) bond motifs is 12. The minimum atomic E-state index is -1.23. The molecule has 0 spiro atoms. The van der Waals surface area contributed by atoms with Crippen LogP contribution in [0, 0.1) is 114 Å². The smallest absolute Gasteiger partial charge is 0.310 e. The van der Waals surface area contributed by atoms with E-state index in [0.717, 1.165) is 22.3 Å². The largest absolute Gasteiger partial charge is 0.472 e. The Morgan fingerprint density at radius 1 is 0.339 bits per heavy atom. The summed E-state index contributed by atoms with van der Waals surface area (Å²) >= 11 is 0. The molecule has 0 amide bonds. The Labute approximate surface area is 682 Å². The molecule has 30 heteroatoms. The van der Waals surface area contributed by atoms with Crippen LogP contribution in [0.5, 0.6) is 0 Å². The Bertz CT molecular complexity index is 4260. The van der Waals surface area contributed by atoms with Gasteiger partial charge in [0.25, 0.3) is 0 Å². The quantitative estimate of drug-likeness (QED) is 0.110. The van der Waals surface area contributed by atoms with Gasteiger partial charge in [0.05, 0.1) is 126 Å². The monoisotopic (exact) mass is 1640 g/mol. The SMILES string of the molecule is COC(=O)[C@@H]1CC(O)C(=O)C2[C@@]3(C)C[C@@H](c4ccoc4)OC(=O)C3CC[C@]21C.COC(=O)[C@@H]1CC(O)C(=O)C2[C@@]3(C)C[C@@H](c4ccoc4)OC(=O)C3CC[C@]21C.COC(=O)[C@@H]1CC(OC(C)=O)C(=O)C2[C@@]3(C)C[C@@H](c4ccoc4)OC(=O)C3CC[C@]21C.COC(=O)[C@@H]1CC(OC(C)=O)C(=O)C2[C@@]3(C)C[C@@H](c4ccoc4)OC(=O)C3CC[C@]21C. The maximum atomic E-state index is 13.7. The van der Waals surface area contributed by atoms with E-state index in [1.807, 2.05) is 55.4 Å². The van der Waals surface area contributed by atoms with E-state index >= 15 is 0 Å². The third kappa shape index (κ3) is 14.4. The summed E-state index contributed by atoms with van der Waals surface area (Å²) in [5.74, 6) is -12.1. The molecule has 4 saturated heterocycles. The maximum absolute atomic E-state index is 13.7. The van der Waals surface area contributed by atoms with E-state index in [4.69, 9.17) is 65.0 Å². The second kappa shape index (κ2) is 32.2. The van der Waals surface area contributed by atoms with Crippen LogP contribution in [0.3, 0.4) is 0 Å². The molecule has 30 nitrogen and oxygen atoms in total. The van der Waals surface area contributed by atoms with Crippen LogP contribution < -0.4 is 0 Å². The molecular weight excluding hydrogens is 1540 g/mol. The molecule has 28 atom stereocenters. The lowest BCUT2D eigenvalue weighted by Crippen LogP contribution is -2.64. The zero-order chi connectivity index (χ0) is 85.6. The van der Waals surface area contributed by atoms with Gasteiger partial charge in [-0.3, -0.25) is 67.1 Å². The molecule has 118 heavy (non-hydrogen) atoms. The van der Waals surface area contributed by atoms with Gasteiger partial charge in [0, 0.05) is 72.6 Å². The lowest BCUT2D eigenvalue weighted by molar-refractivity contribution is -0.211. The van der Waals surface area contributed by atoms with Crippen LogP contribution in [0.2, 0.25) is 0 Å². The molecule has 8 saturated carbocycles. The zero-order valence-corrected chi connectivity index (χ0v) is 69.1. The lowest BCUT2D eigenvalue weighted by atomic mass is 9.43. The Morgan fingerprint density at radius 2 is 0.559 bits per heavy atom. The fourth-order valence-electron chi connectivity index (χ4n) is 25.3. The Hall–Kier alpha value is -9.58. The van der Waals surface area contributed by atoms with E-state index in [1.54, 1.807) is 36.8 Å². The summed E-state index contributed by atoms with van der Waals surface area (Å²) in [6.07, 6.45) is 11.7. The average Bonchev–Trinajstić information content (AvgIpc) is 0.958. The molecule has 4 aromatic rings. The van der Waals surface area contributed by atoms with Crippen molar-refractivity contribution in [1.82, 2.24) is 0 Å². The summed E-state index contributed by atoms with van der Waals surface area (Å²) in [5, 5.41) is 21.0. The molecule has 12 fully saturated rings. The summed E-state index contributed by atoms with van der Waals surface area (Å²) in [5.41, 5.74) is -2.84. The topological polar surface area (TPSA) is 424 Å². The Morgan fingerprint density at radius 3 is 0.763 bits per heavy atom. The fourth-order valence-corrected chi connectivity index (χ4v) is 25.3. The van der Waals surface area contributed by atoms with Crippen molar-refractivity contribution in [2.24, 2.45) is 114 Å². The van der Waals surface area contributed by atoms with Gasteiger partial charge in [-0.25, -0.2) is 0 Å². The van der Waals surface area contributed by atoms with Crippen LogP contribution in [0.1, 0.15) is 219 Å². The number of methoxy groups -OCH3 is 4. The molecule has 2 N–H and O–H groups in total. The number of hydrogen-bond donors (Lipinski definition) is 2. The Balaban J connectivity index is 0.000000137. The van der Waals surface area contributed by atoms with Gasteiger partial charge in [0.2, 0.25) is 0 Å². The molecule has 8 aliphatic carbocycles. The van der Waals surface area contributed by atoms with Gasteiger partial charge < -0.3 is 75.3 Å². The van der Waals surface area contributed by atoms with E-state index in [1.165, 1.54) is 79.9 Å². The molecule has 4 aromatic heterocycles. The first kappa shape index (κ1) is 86.3. The minimum absolute atomic E-state index is 0.0643. The third-order valence-electron chi connectivity index (χ3n) is 30.7. The third-order valence-corrected chi connectivity index (χ3v) is 30.7. The highest BCUT2D eigenvalue weighted by molar-refractivity contribution is 5.96. The van der Waals surface area contributed by atoms with E-state index in [9.17, 15) is 77.3 Å². The average molecular weight is 1650 g/mol. The first-order chi connectivity index (χ1) is 55.7. The van der Waals surface area contributed by atoms with Crippen LogP contribution in [0.15, 0.2) is 92.0 Å². The number of aliphatic hydroxyl groups excluding tert-OH is 2. The van der Waals surface area contributed by atoms with Gasteiger partial charge in [-0.15, -0.1) is 0 Å². The number of Topliss-reactive ketones (excluding diaryl/α,β-unsaturated/α-hetero) is 4. The highest BCUT2D eigenvalue weighted by Gasteiger charge is 2.73. The highest BCUT2D eigenvalue weighted by atomic mass is 16.6. The van der Waals surface area contributed by atoms with Gasteiger partial charge in [-0.2, -0.15) is 0 Å². The van der Waals surface area contributed by atoms with E-state index in [0.29, 0.717) is 77.0 Å². The van der Waals surface area contributed by atoms with E-state index in [-0.39, 0.29) is 72.7 Å². The molecule has 12 unspecified atom stereocenters. The van der Waals surface area contributed by atoms with Crippen molar-refractivity contribution in [2.45, 2.75) is 221 Å². The van der Waals surface area contributed by atoms with Crippen molar-refractivity contribution in [2.75, 3.05) is 28.4 Å². The van der Waals surface area contributed by atoms with E-state index < -0.39 is 199 Å². The minimum Gasteiger partial charge on any atom is -0.472 e. The van der Waals surface area contributed by atoms with Gasteiger partial charge in [-0.05, 0) is 157 Å². The first-order valence-electron chi connectivity index (χ1n) is 40.7. The number of ether oxygens (including phenoxy) is 10. The summed E-state index contributed by atoms with van der Waals surface area (Å²) < 4.78 is 74.2. The van der Waals surface area contributed by atoms with E-state index in [2.05, 4.69) is 0 Å². The van der Waals surface area contributed by atoms with Crippen molar-refractivity contribution >= 4 is 82.8 Å². The molecular formula is C88H108O30. The normalized spacial score (nSPS) is 41.2. The van der Waals surface area contributed by atoms with Crippen LogP contribution in [-0.4, -0.2) is 146 Å². The molecule has 0 aromatic carbocycles. The van der Waals surface area contributed by atoms with Crippen molar-refractivity contribution in [3.63, 3.8) is 0 Å². The van der Waals surface area contributed by atoms with Gasteiger partial charge >= 0.3 is 59.7 Å². The van der Waals surface area contributed by atoms with Gasteiger partial charge in [-0.1, -0.05) is 55.4 Å². The fraction of sp³-hybridized carbons (Fsp3) is 0.659. The van der Waals surface area contributed by atoms with Crippen molar-refractivity contribution in [1.29, 1.82) is 0 Å². The molecule has 12 aliphatic rings. The lowest BCUT2D eigenvalue weighted by Gasteiger charge is -2.61. The van der Waals surface area contributed by atoms with Gasteiger partial charge in [0.1, 0.15) is 36.6 Å². The number of carbonyl (C=O) groups excluding carboxylic acids is 14. The highest BCUT2D eigenvalue weighted by Crippen LogP contribution is 2.70. The van der Waals surface area contributed by atoms with Crippen LogP contribution >= 0.6 is 0 Å². The molecule has 16 rings (SSSR count). The van der Waals surface area contributed by atoms with Crippen molar-refractivity contribution in [3.05, 3.63) is 96.6 Å². The number of ketones is 4. The number of furan rings is 4. The predicted molar refractivity (Wildman–Crippen MR) is 402 cm³/mol. The number of rotatable bonds is 10. The second-order valence-corrected chi connectivity index (χ2v) is 37.0. The first-order valence-corrected chi connectivity index (χ1v) is 40.7. The van der Waals surface area contributed by atoms with Crippen molar-refractivity contribution < 1.29 is 142 Å². The van der Waals surface area contributed by atoms with Crippen LogP contribution in [0.4, 0.5) is 0 Å². The number of cyclic esters (lactones) is 4. The zero-order valence-electron chi connectivity index (χ0n) is 69.1. The molecule has 0 bridgehead atoms. The molecule has 8 heterocycles. The molecule has 0 radical (unpaired) electrons. The maximum Gasteiger partial charge on any atom is 0.310 e. The summed E-state index contributed by atoms with van der Waals surface area (Å²) in [6.45, 7) is 17.9. The molecule has 640 valence electrons. The number of hydrogen-bond acceptors (Lipinski definition) is 30. The molecule has 4 aliphatic heterocycles. The van der Waals surface area contributed by atoms with Crippen molar-refractivity contribution in [3.8, 4) is 0 Å². The van der Waals surface area contributed by atoms with Crippen LogP contribution in [-0.2, 0) is 114 Å². The summed E-state index contributed by atoms with van der Waals surface area (Å²) in [7, 11) is 5.28. The number of esters is 10. The second-order valence-electron chi connectivity index (χ2n) is 37.0. The van der Waals surface area contributed by atoms with Crippen LogP contribution in [0.25, 0.3) is 0 Å². The number of aliphatic hydroxyl groups is 2. The number of carbonyl (C=O) groups is 14.